The average Bonchev–Trinajstić information content (AvgIpc) is 1.47. The van der Waals surface area contributed by atoms with Crippen LogP contribution in [0.2, 0.25) is 0 Å². The number of ether oxygens (including phenoxy) is 10. The van der Waals surface area contributed by atoms with Crippen LogP contribution in [0.3, 0.4) is 0 Å². The number of aliphatic hydroxyl groups excluding tert-OH is 12. The molecule has 8 fully saturated rings. The first kappa shape index (κ1) is 68.7. The highest BCUT2D eigenvalue weighted by atomic mass is 32.3. The van der Waals surface area contributed by atoms with Crippen molar-refractivity contribution in [3.05, 3.63) is 11.6 Å². The Morgan fingerprint density at radius 1 is 0.640 bits per heavy atom. The Kier molecular flexibility index (Phi) is 21.1. The maximum absolute atomic E-state index is 13.5. The quantitative estimate of drug-likeness (QED) is 0.0501. The van der Waals surface area contributed by atoms with Gasteiger partial charge in [0, 0.05) is 12.3 Å². The van der Waals surface area contributed by atoms with Gasteiger partial charge in [-0.3, -0.25) is 9.35 Å². The van der Waals surface area contributed by atoms with Crippen molar-refractivity contribution in [3.63, 3.8) is 0 Å². The fraction of sp³-hybridized carbons (Fsp3) is 0.947. The van der Waals surface area contributed by atoms with E-state index in [0.29, 0.717) is 32.1 Å². The molecule has 0 radical (unpaired) electrons. The maximum Gasteiger partial charge on any atom is 0.397 e. The molecule has 4 aliphatic carbocycles. The Labute approximate surface area is 500 Å². The summed E-state index contributed by atoms with van der Waals surface area (Å²) in [5.74, 6) is -1.10. The van der Waals surface area contributed by atoms with Gasteiger partial charge in [-0.05, 0) is 113 Å². The minimum atomic E-state index is -4.89. The monoisotopic (exact) mass is 1260 g/mol. The van der Waals surface area contributed by atoms with E-state index in [4.69, 9.17) is 51.6 Å². The van der Waals surface area contributed by atoms with Gasteiger partial charge in [0.1, 0.15) is 103 Å². The van der Waals surface area contributed by atoms with Gasteiger partial charge in [0.25, 0.3) is 0 Å². The average molecular weight is 1260 g/mol. The molecule has 29 heteroatoms. The zero-order chi connectivity index (χ0) is 63.2. The highest BCUT2D eigenvalue weighted by molar-refractivity contribution is 7.80. The zero-order valence-electron chi connectivity index (χ0n) is 50.0. The van der Waals surface area contributed by atoms with E-state index in [1.54, 1.807) is 6.92 Å². The second-order valence-corrected chi connectivity index (χ2v) is 28.1. The summed E-state index contributed by atoms with van der Waals surface area (Å²) in [5.41, 5.74) is -1.30. The summed E-state index contributed by atoms with van der Waals surface area (Å²) >= 11 is 0. The summed E-state index contributed by atoms with van der Waals surface area (Å²) in [5, 5.41) is 145. The number of ketones is 1. The topological polar surface area (TPSA) is 436 Å². The fourth-order valence-electron chi connectivity index (χ4n) is 15.7. The van der Waals surface area contributed by atoms with Crippen LogP contribution in [0.25, 0.3) is 0 Å². The Morgan fingerprint density at radius 2 is 1.19 bits per heavy atom. The van der Waals surface area contributed by atoms with Crippen molar-refractivity contribution >= 4 is 16.2 Å². The van der Waals surface area contributed by atoms with E-state index < -0.39 is 206 Å². The molecule has 0 bridgehead atoms. The first-order valence-electron chi connectivity index (χ1n) is 30.3. The minimum Gasteiger partial charge on any atom is -0.394 e. The molecule has 27 unspecified atom stereocenters. The van der Waals surface area contributed by atoms with Gasteiger partial charge in [-0.15, -0.1) is 0 Å². The SMILES string of the molecule is CC1OC(OC2C(OC3C(O)C(C)OC(O[C@H]4CC5C(=CC[C@@]6(C)C5CC[C@@H]6[C@@](C)(O)CC(=O)[C@H](C)C(C)C)[C@@]5(C)CC[C@H](OS(=O)(=O)O)CC45)C3O)OCC(OC3OC(CO)C(O)C(O)C3OC3OC(C)C(O)C(O)C3O)C2O)C(O)C(O)C1O. The number of Topliss-reactive ketones (excluding diaryl/α,β-unsaturated/α-hetero) is 1. The van der Waals surface area contributed by atoms with E-state index in [-0.39, 0.29) is 54.6 Å². The molecular weight excluding hydrogens is 1160 g/mol. The first-order chi connectivity index (χ1) is 40.1. The molecule has 28 nitrogen and oxygen atoms in total. The Hall–Kier alpha value is -1.64. The summed E-state index contributed by atoms with van der Waals surface area (Å²) in [6, 6.07) is 0. The van der Waals surface area contributed by atoms with E-state index in [2.05, 4.69) is 19.9 Å². The number of rotatable bonds is 18. The van der Waals surface area contributed by atoms with Crippen LogP contribution < -0.4 is 0 Å². The Morgan fingerprint density at radius 3 is 1.76 bits per heavy atom. The van der Waals surface area contributed by atoms with Gasteiger partial charge in [-0.25, -0.2) is 4.18 Å². The molecule has 5 heterocycles. The van der Waals surface area contributed by atoms with Crippen LogP contribution in [0.1, 0.15) is 114 Å². The van der Waals surface area contributed by atoms with Crippen LogP contribution >= 0.6 is 0 Å². The zero-order valence-corrected chi connectivity index (χ0v) is 50.8. The van der Waals surface area contributed by atoms with Gasteiger partial charge in [0.05, 0.1) is 49.3 Å². The van der Waals surface area contributed by atoms with E-state index in [1.165, 1.54) is 20.8 Å². The molecule has 0 amide bonds. The molecule has 9 rings (SSSR count). The number of aliphatic hydroxyl groups is 13. The molecule has 34 atom stereocenters. The van der Waals surface area contributed by atoms with Crippen molar-refractivity contribution in [2.45, 2.75) is 279 Å². The first-order valence-corrected chi connectivity index (χ1v) is 31.7. The molecule has 3 saturated carbocycles. The van der Waals surface area contributed by atoms with Crippen molar-refractivity contribution in [1.29, 1.82) is 0 Å². The molecule has 5 saturated heterocycles. The second kappa shape index (κ2) is 26.4. The van der Waals surface area contributed by atoms with Crippen LogP contribution in [0.5, 0.6) is 0 Å². The lowest BCUT2D eigenvalue weighted by molar-refractivity contribution is -0.398. The predicted molar refractivity (Wildman–Crippen MR) is 290 cm³/mol. The molecule has 0 spiro atoms. The smallest absolute Gasteiger partial charge is 0.394 e. The van der Waals surface area contributed by atoms with Gasteiger partial charge < -0.3 is 114 Å². The normalized spacial score (nSPS) is 51.2. The summed E-state index contributed by atoms with van der Waals surface area (Å²) in [6.45, 7) is 14.5. The van der Waals surface area contributed by atoms with Gasteiger partial charge in [0.15, 0.2) is 31.5 Å². The van der Waals surface area contributed by atoms with Crippen molar-refractivity contribution in [2.24, 2.45) is 46.3 Å². The number of carbonyl (C=O) groups is 1. The van der Waals surface area contributed by atoms with Crippen molar-refractivity contribution in [2.75, 3.05) is 13.2 Å². The second-order valence-electron chi connectivity index (χ2n) is 27.0. The number of allylic oxidation sites excluding steroid dienone is 2. The molecule has 0 aromatic heterocycles. The number of hydrogen-bond acceptors (Lipinski definition) is 27. The molecule has 0 aromatic rings. The Balaban J connectivity index is 0.983. The molecule has 5 aliphatic heterocycles. The minimum absolute atomic E-state index is 0.00277. The van der Waals surface area contributed by atoms with E-state index in [0.717, 1.165) is 5.57 Å². The Bertz CT molecular complexity index is 2460. The van der Waals surface area contributed by atoms with Gasteiger partial charge in [-0.2, -0.15) is 8.42 Å². The molecule has 496 valence electrons. The van der Waals surface area contributed by atoms with Crippen molar-refractivity contribution in [3.8, 4) is 0 Å². The molecule has 9 aliphatic rings. The number of carbonyl (C=O) groups excluding carboxylic acids is 1. The largest absolute Gasteiger partial charge is 0.397 e. The van der Waals surface area contributed by atoms with Crippen LogP contribution in [-0.4, -0.2) is 264 Å². The maximum atomic E-state index is 13.5. The third-order valence-electron chi connectivity index (χ3n) is 21.1. The third-order valence-corrected chi connectivity index (χ3v) is 21.7. The van der Waals surface area contributed by atoms with Gasteiger partial charge in [-0.1, -0.05) is 46.3 Å². The lowest BCUT2D eigenvalue weighted by atomic mass is 9.47. The summed E-state index contributed by atoms with van der Waals surface area (Å²) in [7, 11) is -4.89. The molecule has 0 aromatic carbocycles. The van der Waals surface area contributed by atoms with Gasteiger partial charge >= 0.3 is 10.4 Å². The number of fused-ring (bicyclic) bond motifs is 5. The summed E-state index contributed by atoms with van der Waals surface area (Å²) < 4.78 is 100. The molecule has 14 N–H and O–H groups in total. The van der Waals surface area contributed by atoms with E-state index in [9.17, 15) is 84.1 Å². The van der Waals surface area contributed by atoms with Crippen LogP contribution in [0.15, 0.2) is 11.6 Å². The highest BCUT2D eigenvalue weighted by Gasteiger charge is 2.64. The summed E-state index contributed by atoms with van der Waals surface area (Å²) in [6.07, 6.45) is -37.5. The lowest BCUT2D eigenvalue weighted by Crippen LogP contribution is -2.67. The lowest BCUT2D eigenvalue weighted by Gasteiger charge is -2.60. The number of hydrogen-bond donors (Lipinski definition) is 14. The van der Waals surface area contributed by atoms with Crippen molar-refractivity contribution in [1.82, 2.24) is 0 Å². The highest BCUT2D eigenvalue weighted by Crippen LogP contribution is 2.67. The molecule has 86 heavy (non-hydrogen) atoms. The van der Waals surface area contributed by atoms with E-state index >= 15 is 0 Å². The summed E-state index contributed by atoms with van der Waals surface area (Å²) in [4.78, 5) is 13.5. The predicted octanol–water partition coefficient (Wildman–Crippen LogP) is -2.43. The van der Waals surface area contributed by atoms with Crippen molar-refractivity contribution < 1.29 is 136 Å². The molecular formula is C57H94O28S. The van der Waals surface area contributed by atoms with Gasteiger partial charge in [0.2, 0.25) is 0 Å². The van der Waals surface area contributed by atoms with Crippen LogP contribution in [0.4, 0.5) is 0 Å². The fourth-order valence-corrected chi connectivity index (χ4v) is 16.2. The third kappa shape index (κ3) is 13.3. The van der Waals surface area contributed by atoms with E-state index in [1.807, 2.05) is 20.8 Å². The van der Waals surface area contributed by atoms with Crippen LogP contribution in [0, 0.1) is 46.3 Å². The van der Waals surface area contributed by atoms with Crippen LogP contribution in [-0.2, 0) is 66.7 Å². The standard InChI is InChI=1S/C57H94O28S/c1-21(2)22(3)31(59)18-57(9,71)35-11-10-28-27-17-32(30-16-26(85-86(72,73)74)12-14-55(30,7)29(27)13-15-56(28,35)8)79-52-46(70)47(38(62)25(6)78-52)82-53-48(83-50-44(68)41(65)36(60)23(4)76-50)40(64)34(20-75-53)81-54-49(43(67)39(63)33(19-58)80-54)84-51-45(69)42(66)37(61)24(5)77-51/h13,21-28,30,32-54,58,60-71H,10-12,14-20H2,1-9H3,(H,72,73,74)/t22-,23?,24?,25?,26+,27?,28?,30?,32+,33?,34?,35+,36?,37?,38?,39?,40?,41?,42?,43?,44?,45?,46?,47?,48?,49?,50?,51?,52?,53?,54?,55-,56+,57+/m1/s1.